The Hall–Kier alpha value is -1.32. The van der Waals surface area contributed by atoms with Crippen molar-refractivity contribution in [3.63, 3.8) is 0 Å². The molecule has 2 rings (SSSR count). The number of fused-ring (bicyclic) bond motifs is 2. The van der Waals surface area contributed by atoms with Crippen LogP contribution in [0.3, 0.4) is 0 Å². The van der Waals surface area contributed by atoms with Gasteiger partial charge in [-0.25, -0.2) is 4.79 Å². The second kappa shape index (κ2) is 2.58. The number of carboxylic acids is 1. The maximum absolute atomic E-state index is 11.2. The molecule has 3 atom stereocenters. The molecule has 0 aromatic carbocycles. The average molecular weight is 181 g/mol. The van der Waals surface area contributed by atoms with Crippen LogP contribution in [0.1, 0.15) is 13.3 Å². The van der Waals surface area contributed by atoms with Crippen LogP contribution in [0.15, 0.2) is 12.2 Å². The van der Waals surface area contributed by atoms with E-state index < -0.39 is 12.0 Å². The first-order chi connectivity index (χ1) is 6.11. The number of carboxylic acid groups (broad SMARTS) is 1. The molecule has 0 aromatic rings. The zero-order valence-electron chi connectivity index (χ0n) is 7.30. The summed E-state index contributed by atoms with van der Waals surface area (Å²) in [5.74, 6) is -1.03. The lowest BCUT2D eigenvalue weighted by Gasteiger charge is -2.28. The SMILES string of the molecule is CC(=O)N1[C@@H]2C=C[C@@H](C2)[C@@H]1C(=O)O. The zero-order valence-corrected chi connectivity index (χ0v) is 7.30. The number of carbonyl (C=O) groups excluding carboxylic acids is 1. The summed E-state index contributed by atoms with van der Waals surface area (Å²) in [5.41, 5.74) is 0. The number of amides is 1. The van der Waals surface area contributed by atoms with Crippen LogP contribution in [-0.4, -0.2) is 34.0 Å². The van der Waals surface area contributed by atoms with Crippen molar-refractivity contribution >= 4 is 11.9 Å². The van der Waals surface area contributed by atoms with Gasteiger partial charge >= 0.3 is 5.97 Å². The highest BCUT2D eigenvalue weighted by molar-refractivity contribution is 5.84. The number of rotatable bonds is 1. The molecule has 0 unspecified atom stereocenters. The van der Waals surface area contributed by atoms with Crippen LogP contribution in [0.4, 0.5) is 0 Å². The molecule has 0 aromatic heterocycles. The Morgan fingerprint density at radius 1 is 1.46 bits per heavy atom. The van der Waals surface area contributed by atoms with Crippen LogP contribution in [0.2, 0.25) is 0 Å². The van der Waals surface area contributed by atoms with Gasteiger partial charge in [-0.05, 0) is 6.42 Å². The number of aliphatic carboxylic acids is 1. The van der Waals surface area contributed by atoms with Gasteiger partial charge in [-0.15, -0.1) is 0 Å². The van der Waals surface area contributed by atoms with E-state index in [1.54, 1.807) is 0 Å². The van der Waals surface area contributed by atoms with E-state index >= 15 is 0 Å². The van der Waals surface area contributed by atoms with E-state index in [0.29, 0.717) is 0 Å². The molecular weight excluding hydrogens is 170 g/mol. The van der Waals surface area contributed by atoms with E-state index in [4.69, 9.17) is 5.11 Å². The first-order valence-electron chi connectivity index (χ1n) is 4.31. The summed E-state index contributed by atoms with van der Waals surface area (Å²) in [4.78, 5) is 23.5. The number of hydrogen-bond acceptors (Lipinski definition) is 2. The number of nitrogens with zero attached hydrogens (tertiary/aromatic N) is 1. The fraction of sp³-hybridized carbons (Fsp3) is 0.556. The molecule has 4 heteroatoms. The smallest absolute Gasteiger partial charge is 0.327 e. The Bertz CT molecular complexity index is 269. The minimum Gasteiger partial charge on any atom is -0.480 e. The predicted molar refractivity (Wildman–Crippen MR) is 45.0 cm³/mol. The zero-order chi connectivity index (χ0) is 9.59. The number of hydrogen-bond donors (Lipinski definition) is 1. The van der Waals surface area contributed by atoms with E-state index in [-0.39, 0.29) is 17.9 Å². The van der Waals surface area contributed by atoms with Gasteiger partial charge in [0.25, 0.3) is 0 Å². The summed E-state index contributed by atoms with van der Waals surface area (Å²) in [6, 6.07) is -0.615. The summed E-state index contributed by atoms with van der Waals surface area (Å²) in [6.45, 7) is 1.42. The molecule has 4 nitrogen and oxygen atoms in total. The van der Waals surface area contributed by atoms with Crippen LogP contribution in [0.5, 0.6) is 0 Å². The fourth-order valence-corrected chi connectivity index (χ4v) is 2.29. The Morgan fingerprint density at radius 3 is 2.62 bits per heavy atom. The lowest BCUT2D eigenvalue weighted by Crippen LogP contribution is -2.46. The largest absolute Gasteiger partial charge is 0.480 e. The molecule has 70 valence electrons. The van der Waals surface area contributed by atoms with E-state index in [0.717, 1.165) is 6.42 Å². The maximum atomic E-state index is 11.2. The predicted octanol–water partition coefficient (Wildman–Crippen LogP) is 0.246. The van der Waals surface area contributed by atoms with Gasteiger partial charge in [-0.1, -0.05) is 12.2 Å². The highest BCUT2D eigenvalue weighted by atomic mass is 16.4. The van der Waals surface area contributed by atoms with Gasteiger partial charge in [-0.2, -0.15) is 0 Å². The average Bonchev–Trinajstić information content (AvgIpc) is 2.60. The van der Waals surface area contributed by atoms with Crippen molar-refractivity contribution < 1.29 is 14.7 Å². The van der Waals surface area contributed by atoms with Gasteiger partial charge < -0.3 is 10.0 Å². The van der Waals surface area contributed by atoms with Crippen LogP contribution < -0.4 is 0 Å². The lowest BCUT2D eigenvalue weighted by molar-refractivity contribution is -0.149. The van der Waals surface area contributed by atoms with Crippen LogP contribution >= 0.6 is 0 Å². The van der Waals surface area contributed by atoms with Gasteiger partial charge in [0.15, 0.2) is 0 Å². The molecule has 1 amide bonds. The lowest BCUT2D eigenvalue weighted by atomic mass is 10.0. The van der Waals surface area contributed by atoms with Crippen molar-refractivity contribution in [2.24, 2.45) is 5.92 Å². The third kappa shape index (κ3) is 1.05. The molecule has 1 aliphatic carbocycles. The summed E-state index contributed by atoms with van der Waals surface area (Å²) in [7, 11) is 0. The van der Waals surface area contributed by atoms with Crippen molar-refractivity contribution in [2.75, 3.05) is 0 Å². The van der Waals surface area contributed by atoms with E-state index in [1.807, 2.05) is 12.2 Å². The van der Waals surface area contributed by atoms with Crippen molar-refractivity contribution in [3.8, 4) is 0 Å². The molecule has 13 heavy (non-hydrogen) atoms. The molecule has 1 fully saturated rings. The minimum atomic E-state index is -0.896. The molecular formula is C9H11NO3. The quantitative estimate of drug-likeness (QED) is 0.590. The van der Waals surface area contributed by atoms with Crippen molar-refractivity contribution in [3.05, 3.63) is 12.2 Å². The molecule has 0 saturated carbocycles. The standard InChI is InChI=1S/C9H11NO3/c1-5(11)10-7-3-2-6(4-7)8(10)9(12)13/h2-3,6-8H,4H2,1H3,(H,12,13)/t6-,7+,8+/m0/s1. The Morgan fingerprint density at radius 2 is 2.15 bits per heavy atom. The number of likely N-dealkylation sites (tertiary alicyclic amines) is 1. The van der Waals surface area contributed by atoms with Gasteiger partial charge in [0.1, 0.15) is 6.04 Å². The molecule has 2 bridgehead atoms. The molecule has 0 spiro atoms. The van der Waals surface area contributed by atoms with Gasteiger partial charge in [-0.3, -0.25) is 4.79 Å². The molecule has 1 aliphatic heterocycles. The Labute approximate surface area is 75.8 Å². The Kier molecular flexibility index (Phi) is 1.65. The highest BCUT2D eigenvalue weighted by Crippen LogP contribution is 2.37. The van der Waals surface area contributed by atoms with Crippen molar-refractivity contribution in [1.29, 1.82) is 0 Å². The van der Waals surface area contributed by atoms with E-state index in [2.05, 4.69) is 0 Å². The Balaban J connectivity index is 2.30. The topological polar surface area (TPSA) is 57.6 Å². The first-order valence-corrected chi connectivity index (χ1v) is 4.31. The van der Waals surface area contributed by atoms with Gasteiger partial charge in [0.05, 0.1) is 6.04 Å². The third-order valence-corrected chi connectivity index (χ3v) is 2.77. The normalized spacial score (nSPS) is 35.5. The molecule has 1 heterocycles. The van der Waals surface area contributed by atoms with Crippen LogP contribution in [-0.2, 0) is 9.59 Å². The molecule has 2 aliphatic rings. The molecule has 0 radical (unpaired) electrons. The summed E-state index contributed by atoms with van der Waals surface area (Å²) in [5, 5.41) is 8.93. The van der Waals surface area contributed by atoms with Gasteiger partial charge in [0.2, 0.25) is 5.91 Å². The first kappa shape index (κ1) is 8.29. The summed E-state index contributed by atoms with van der Waals surface area (Å²) >= 11 is 0. The second-order valence-corrected chi connectivity index (χ2v) is 3.56. The van der Waals surface area contributed by atoms with Crippen molar-refractivity contribution in [1.82, 2.24) is 4.90 Å². The third-order valence-electron chi connectivity index (χ3n) is 2.77. The monoisotopic (exact) mass is 181 g/mol. The molecule has 1 N–H and O–H groups in total. The second-order valence-electron chi connectivity index (χ2n) is 3.56. The fourth-order valence-electron chi connectivity index (χ4n) is 2.29. The highest BCUT2D eigenvalue weighted by Gasteiger charge is 2.47. The van der Waals surface area contributed by atoms with Crippen LogP contribution in [0.25, 0.3) is 0 Å². The summed E-state index contributed by atoms with van der Waals surface area (Å²) in [6.07, 6.45) is 4.60. The maximum Gasteiger partial charge on any atom is 0.327 e. The minimum absolute atomic E-state index is 0.0172. The van der Waals surface area contributed by atoms with E-state index in [9.17, 15) is 9.59 Å². The van der Waals surface area contributed by atoms with Gasteiger partial charge in [0, 0.05) is 12.8 Å². The summed E-state index contributed by atoms with van der Waals surface area (Å²) < 4.78 is 0. The van der Waals surface area contributed by atoms with Crippen LogP contribution in [0, 0.1) is 5.92 Å². The van der Waals surface area contributed by atoms with Crippen molar-refractivity contribution in [2.45, 2.75) is 25.4 Å². The van der Waals surface area contributed by atoms with E-state index in [1.165, 1.54) is 11.8 Å². The number of carbonyl (C=O) groups is 2. The molecule has 1 saturated heterocycles.